The second kappa shape index (κ2) is 10.5. The van der Waals surface area contributed by atoms with Crippen LogP contribution in [0.15, 0.2) is 77.9 Å². The highest BCUT2D eigenvalue weighted by Crippen LogP contribution is 2.31. The lowest BCUT2D eigenvalue weighted by atomic mass is 10.2. The number of nitrogens with zero attached hydrogens (tertiary/aromatic N) is 1. The Morgan fingerprint density at radius 1 is 0.966 bits per heavy atom. The van der Waals surface area contributed by atoms with Gasteiger partial charge in [0.2, 0.25) is 0 Å². The molecular weight excluding hydrogens is 411 g/mol. The molecule has 0 unspecified atom stereocenters. The lowest BCUT2D eigenvalue weighted by molar-refractivity contribution is -0.123. The van der Waals surface area contributed by atoms with Crippen LogP contribution in [0, 0.1) is 0 Å². The summed E-state index contributed by atoms with van der Waals surface area (Å²) in [5.74, 6) is 0.624. The summed E-state index contributed by atoms with van der Waals surface area (Å²) in [6, 6.07) is 22.3. The second-order valence-electron chi connectivity index (χ2n) is 5.98. The highest BCUT2D eigenvalue weighted by molar-refractivity contribution is 6.42. The lowest BCUT2D eigenvalue weighted by Crippen LogP contribution is -2.24. The number of ether oxygens (including phenoxy) is 2. The van der Waals surface area contributed by atoms with Gasteiger partial charge in [0.1, 0.15) is 23.1 Å². The molecule has 3 rings (SSSR count). The minimum atomic E-state index is -0.422. The van der Waals surface area contributed by atoms with Gasteiger partial charge in [-0.05, 0) is 35.4 Å². The highest BCUT2D eigenvalue weighted by atomic mass is 35.5. The maximum Gasteiger partial charge on any atom is 0.277 e. The zero-order valence-corrected chi connectivity index (χ0v) is 16.9. The third-order valence-electron chi connectivity index (χ3n) is 3.78. The first kappa shape index (κ1) is 20.7. The van der Waals surface area contributed by atoms with Crippen molar-refractivity contribution in [3.63, 3.8) is 0 Å². The Balaban J connectivity index is 1.48. The summed E-state index contributed by atoms with van der Waals surface area (Å²) in [4.78, 5) is 11.9. The lowest BCUT2D eigenvalue weighted by Gasteiger charge is -2.08. The van der Waals surface area contributed by atoms with Crippen LogP contribution in [0.3, 0.4) is 0 Å². The summed E-state index contributed by atoms with van der Waals surface area (Å²) in [7, 11) is 0. The number of hydrazone groups is 1. The fourth-order valence-electron chi connectivity index (χ4n) is 2.38. The number of hydrogen-bond donors (Lipinski definition) is 1. The van der Waals surface area contributed by atoms with Crippen molar-refractivity contribution in [3.05, 3.63) is 94.0 Å². The van der Waals surface area contributed by atoms with Gasteiger partial charge in [-0.1, -0.05) is 71.7 Å². The van der Waals surface area contributed by atoms with Crippen LogP contribution in [-0.2, 0) is 11.4 Å². The number of benzene rings is 3. The number of halogens is 2. The largest absolute Gasteiger partial charge is 0.489 e. The number of carbonyl (C=O) groups excluding carboxylic acids is 1. The molecule has 0 radical (unpaired) electrons. The number of hydrogen-bond acceptors (Lipinski definition) is 4. The van der Waals surface area contributed by atoms with Gasteiger partial charge < -0.3 is 9.47 Å². The van der Waals surface area contributed by atoms with E-state index in [2.05, 4.69) is 10.5 Å². The fraction of sp³-hybridized carbons (Fsp3) is 0.0909. The molecule has 5 nitrogen and oxygen atoms in total. The molecule has 0 aromatic heterocycles. The van der Waals surface area contributed by atoms with Crippen molar-refractivity contribution in [1.82, 2.24) is 5.43 Å². The van der Waals surface area contributed by atoms with E-state index in [1.807, 2.05) is 54.6 Å². The molecule has 0 atom stereocenters. The second-order valence-corrected chi connectivity index (χ2v) is 6.77. The molecule has 29 heavy (non-hydrogen) atoms. The Kier molecular flexibility index (Phi) is 7.50. The van der Waals surface area contributed by atoms with Gasteiger partial charge in [-0.3, -0.25) is 4.79 Å². The molecule has 0 heterocycles. The first-order valence-electron chi connectivity index (χ1n) is 8.77. The maximum absolute atomic E-state index is 11.9. The summed E-state index contributed by atoms with van der Waals surface area (Å²) in [6.07, 6.45) is 1.53. The number of amides is 1. The molecule has 3 aromatic rings. The topological polar surface area (TPSA) is 59.9 Å². The summed E-state index contributed by atoms with van der Waals surface area (Å²) >= 11 is 11.9. The third kappa shape index (κ3) is 6.52. The molecular formula is C22H18Cl2N2O3. The van der Waals surface area contributed by atoms with Crippen LogP contribution in [0.5, 0.6) is 11.5 Å². The molecule has 1 amide bonds. The van der Waals surface area contributed by atoms with Crippen LogP contribution in [-0.4, -0.2) is 18.7 Å². The van der Waals surface area contributed by atoms with Gasteiger partial charge in [0.25, 0.3) is 5.91 Å². The molecule has 0 aliphatic carbocycles. The number of carbonyl (C=O) groups is 1. The third-order valence-corrected chi connectivity index (χ3v) is 4.59. The standard InChI is InChI=1S/C22H18Cl2N2O3/c23-19-10-5-11-20(22(19)24)29-15-21(27)26-25-13-17-8-4-9-18(12-17)28-14-16-6-2-1-3-7-16/h1-13H,14-15H2,(H,26,27). The Morgan fingerprint density at radius 2 is 1.76 bits per heavy atom. The predicted octanol–water partition coefficient (Wildman–Crippen LogP) is 5.10. The average molecular weight is 429 g/mol. The Labute approximate surface area is 178 Å². The monoisotopic (exact) mass is 428 g/mol. The maximum atomic E-state index is 11.9. The van der Waals surface area contributed by atoms with Gasteiger partial charge >= 0.3 is 0 Å². The molecule has 0 bridgehead atoms. The average Bonchev–Trinajstić information content (AvgIpc) is 2.74. The molecule has 0 spiro atoms. The van der Waals surface area contributed by atoms with Gasteiger partial charge in [-0.15, -0.1) is 0 Å². The van der Waals surface area contributed by atoms with E-state index >= 15 is 0 Å². The van der Waals surface area contributed by atoms with Crippen LogP contribution < -0.4 is 14.9 Å². The van der Waals surface area contributed by atoms with Crippen molar-refractivity contribution in [2.75, 3.05) is 6.61 Å². The van der Waals surface area contributed by atoms with Gasteiger partial charge in [-0.2, -0.15) is 5.10 Å². The zero-order valence-electron chi connectivity index (χ0n) is 15.3. The van der Waals surface area contributed by atoms with E-state index < -0.39 is 5.91 Å². The molecule has 0 fully saturated rings. The van der Waals surface area contributed by atoms with Gasteiger partial charge in [-0.25, -0.2) is 5.43 Å². The fourth-order valence-corrected chi connectivity index (χ4v) is 2.72. The molecule has 0 aliphatic heterocycles. The highest BCUT2D eigenvalue weighted by Gasteiger charge is 2.07. The Morgan fingerprint density at radius 3 is 2.59 bits per heavy atom. The van der Waals surface area contributed by atoms with Crippen LogP contribution in [0.25, 0.3) is 0 Å². The number of rotatable bonds is 8. The molecule has 7 heteroatoms. The van der Waals surface area contributed by atoms with Gasteiger partial charge in [0.05, 0.1) is 11.2 Å². The van der Waals surface area contributed by atoms with E-state index in [1.165, 1.54) is 6.21 Å². The summed E-state index contributed by atoms with van der Waals surface area (Å²) in [6.45, 7) is 0.235. The summed E-state index contributed by atoms with van der Waals surface area (Å²) in [5.41, 5.74) is 4.27. The van der Waals surface area contributed by atoms with Crippen LogP contribution >= 0.6 is 23.2 Å². The van der Waals surface area contributed by atoms with Crippen molar-refractivity contribution >= 4 is 35.3 Å². The number of nitrogens with one attached hydrogen (secondary N) is 1. The first-order chi connectivity index (χ1) is 14.1. The summed E-state index contributed by atoms with van der Waals surface area (Å²) in [5, 5.41) is 4.55. The molecule has 1 N–H and O–H groups in total. The Hall–Kier alpha value is -3.02. The van der Waals surface area contributed by atoms with E-state index in [-0.39, 0.29) is 11.6 Å². The molecule has 0 saturated carbocycles. The van der Waals surface area contributed by atoms with Gasteiger partial charge in [0.15, 0.2) is 6.61 Å². The van der Waals surface area contributed by atoms with E-state index in [4.69, 9.17) is 32.7 Å². The first-order valence-corrected chi connectivity index (χ1v) is 9.53. The van der Waals surface area contributed by atoms with E-state index in [1.54, 1.807) is 18.2 Å². The van der Waals surface area contributed by atoms with Crippen LogP contribution in [0.1, 0.15) is 11.1 Å². The van der Waals surface area contributed by atoms with E-state index in [0.717, 1.165) is 11.1 Å². The van der Waals surface area contributed by atoms with Crippen LogP contribution in [0.4, 0.5) is 0 Å². The predicted molar refractivity (Wildman–Crippen MR) is 115 cm³/mol. The van der Waals surface area contributed by atoms with Crippen molar-refractivity contribution in [1.29, 1.82) is 0 Å². The molecule has 0 aliphatic rings. The van der Waals surface area contributed by atoms with E-state index in [9.17, 15) is 4.79 Å². The molecule has 0 saturated heterocycles. The SMILES string of the molecule is O=C(COc1cccc(Cl)c1Cl)NN=Cc1cccc(OCc2ccccc2)c1. The molecule has 148 valence electrons. The van der Waals surface area contributed by atoms with E-state index in [0.29, 0.717) is 23.1 Å². The van der Waals surface area contributed by atoms with Gasteiger partial charge in [0, 0.05) is 0 Å². The smallest absolute Gasteiger partial charge is 0.277 e. The van der Waals surface area contributed by atoms with Crippen molar-refractivity contribution < 1.29 is 14.3 Å². The normalized spacial score (nSPS) is 10.7. The zero-order chi connectivity index (χ0) is 20.5. The molecule has 3 aromatic carbocycles. The quantitative estimate of drug-likeness (QED) is 0.400. The Bertz CT molecular complexity index is 994. The summed E-state index contributed by atoms with van der Waals surface area (Å²) < 4.78 is 11.1. The van der Waals surface area contributed by atoms with Crippen LogP contribution in [0.2, 0.25) is 10.0 Å². The van der Waals surface area contributed by atoms with Crippen molar-refractivity contribution in [3.8, 4) is 11.5 Å². The minimum Gasteiger partial charge on any atom is -0.489 e. The van der Waals surface area contributed by atoms with Crippen molar-refractivity contribution in [2.24, 2.45) is 5.10 Å². The minimum absolute atomic E-state index is 0.238. The van der Waals surface area contributed by atoms with Crippen molar-refractivity contribution in [2.45, 2.75) is 6.61 Å².